The van der Waals surface area contributed by atoms with E-state index in [1.54, 1.807) is 0 Å². The van der Waals surface area contributed by atoms with Gasteiger partial charge < -0.3 is 11.1 Å². The zero-order valence-electron chi connectivity index (χ0n) is 12.4. The maximum Gasteiger partial charge on any atom is 0.247 e. The van der Waals surface area contributed by atoms with Crippen molar-refractivity contribution < 1.29 is 18.4 Å². The summed E-state index contributed by atoms with van der Waals surface area (Å²) >= 11 is 0. The first-order chi connectivity index (χ1) is 11.4. The smallest absolute Gasteiger partial charge is 0.247 e. The Morgan fingerprint density at radius 3 is 2.67 bits per heavy atom. The Balaban J connectivity index is 1.84. The molecule has 0 bridgehead atoms. The number of nitrogens with two attached hydrogens (primary N) is 1. The number of amides is 2. The monoisotopic (exact) mass is 333 g/mol. The summed E-state index contributed by atoms with van der Waals surface area (Å²) in [6.07, 6.45) is 1.74. The van der Waals surface area contributed by atoms with Crippen molar-refractivity contribution in [3.05, 3.63) is 42.1 Å². The van der Waals surface area contributed by atoms with Gasteiger partial charge in [-0.3, -0.25) is 14.5 Å². The molecule has 1 aliphatic heterocycles. The maximum absolute atomic E-state index is 13.2. The van der Waals surface area contributed by atoms with E-state index in [2.05, 4.69) is 15.3 Å². The highest BCUT2D eigenvalue weighted by molar-refractivity contribution is 6.06. The van der Waals surface area contributed by atoms with E-state index < -0.39 is 23.6 Å². The number of hydrogen-bond acceptors (Lipinski definition) is 5. The summed E-state index contributed by atoms with van der Waals surface area (Å²) < 4.78 is 26.4. The Hall–Kier alpha value is -3.10. The lowest BCUT2D eigenvalue weighted by atomic mass is 10.2. The van der Waals surface area contributed by atoms with Crippen molar-refractivity contribution in [3.8, 4) is 0 Å². The summed E-state index contributed by atoms with van der Waals surface area (Å²) in [6.45, 7) is 0. The number of benzene rings is 1. The van der Waals surface area contributed by atoms with Crippen molar-refractivity contribution in [3.63, 3.8) is 0 Å². The Bertz CT molecular complexity index is 794. The lowest BCUT2D eigenvalue weighted by molar-refractivity contribution is -0.120. The van der Waals surface area contributed by atoms with Crippen LogP contribution in [0.25, 0.3) is 0 Å². The number of halogens is 2. The van der Waals surface area contributed by atoms with Crippen molar-refractivity contribution in [1.29, 1.82) is 0 Å². The first-order valence-corrected chi connectivity index (χ1v) is 7.11. The molecule has 124 valence electrons. The Kier molecular flexibility index (Phi) is 4.07. The number of carbonyl (C=O) groups excluding carboxylic acids is 2. The summed E-state index contributed by atoms with van der Waals surface area (Å²) in [4.78, 5) is 33.5. The van der Waals surface area contributed by atoms with Crippen molar-refractivity contribution in [2.45, 2.75) is 18.9 Å². The van der Waals surface area contributed by atoms with Crippen LogP contribution in [0.1, 0.15) is 12.8 Å². The van der Waals surface area contributed by atoms with Gasteiger partial charge in [0.15, 0.2) is 0 Å². The van der Waals surface area contributed by atoms with Gasteiger partial charge in [-0.25, -0.2) is 13.8 Å². The van der Waals surface area contributed by atoms with E-state index in [1.807, 2.05) is 0 Å². The van der Waals surface area contributed by atoms with Crippen molar-refractivity contribution in [2.24, 2.45) is 0 Å². The normalized spacial score (nSPS) is 17.2. The quantitative estimate of drug-likeness (QED) is 0.886. The Labute approximate surface area is 135 Å². The average Bonchev–Trinajstić information content (AvgIpc) is 2.88. The van der Waals surface area contributed by atoms with E-state index in [-0.39, 0.29) is 36.2 Å². The number of nitrogens with one attached hydrogen (secondary N) is 1. The molecule has 2 heterocycles. The van der Waals surface area contributed by atoms with E-state index in [9.17, 15) is 18.4 Å². The van der Waals surface area contributed by atoms with Gasteiger partial charge >= 0.3 is 0 Å². The molecule has 1 fully saturated rings. The molecule has 9 heteroatoms. The lowest BCUT2D eigenvalue weighted by Gasteiger charge is -2.22. The van der Waals surface area contributed by atoms with Crippen LogP contribution in [0, 0.1) is 11.6 Å². The minimum absolute atomic E-state index is 0.0167. The average molecular weight is 333 g/mol. The van der Waals surface area contributed by atoms with Gasteiger partial charge in [-0.15, -0.1) is 0 Å². The predicted molar refractivity (Wildman–Crippen MR) is 81.9 cm³/mol. The minimum atomic E-state index is -0.884. The molecule has 1 aromatic carbocycles. The highest BCUT2D eigenvalue weighted by Gasteiger charge is 2.38. The molecule has 2 aromatic rings. The van der Waals surface area contributed by atoms with Crippen LogP contribution in [-0.4, -0.2) is 27.8 Å². The number of hydrogen-bond donors (Lipinski definition) is 2. The largest absolute Gasteiger partial charge is 0.384 e. The molecule has 24 heavy (non-hydrogen) atoms. The summed E-state index contributed by atoms with van der Waals surface area (Å²) in [5, 5.41) is 2.40. The van der Waals surface area contributed by atoms with Gasteiger partial charge in [0.2, 0.25) is 17.8 Å². The minimum Gasteiger partial charge on any atom is -0.384 e. The third-order valence-electron chi connectivity index (χ3n) is 3.52. The zero-order chi connectivity index (χ0) is 17.3. The van der Waals surface area contributed by atoms with Gasteiger partial charge in [-0.2, -0.15) is 4.98 Å². The van der Waals surface area contributed by atoms with Gasteiger partial charge in [0.1, 0.15) is 23.5 Å². The topological polar surface area (TPSA) is 101 Å². The van der Waals surface area contributed by atoms with Gasteiger partial charge in [-0.1, -0.05) is 0 Å². The van der Waals surface area contributed by atoms with Gasteiger partial charge in [-0.05, 0) is 24.6 Å². The summed E-state index contributed by atoms with van der Waals surface area (Å²) in [6, 6.07) is 3.24. The fourth-order valence-corrected chi connectivity index (χ4v) is 2.51. The molecule has 0 saturated carbocycles. The fraction of sp³-hybridized carbons (Fsp3) is 0.200. The highest BCUT2D eigenvalue weighted by atomic mass is 19.1. The maximum atomic E-state index is 13.2. The van der Waals surface area contributed by atoms with Crippen LogP contribution in [0.4, 0.5) is 26.2 Å². The van der Waals surface area contributed by atoms with Crippen molar-refractivity contribution in [1.82, 2.24) is 9.97 Å². The second-order valence-electron chi connectivity index (χ2n) is 5.25. The zero-order valence-corrected chi connectivity index (χ0v) is 12.4. The van der Waals surface area contributed by atoms with Crippen LogP contribution >= 0.6 is 0 Å². The number of carbonyl (C=O) groups is 2. The SMILES string of the molecule is Nc1ccnc(N2C(=O)CCC2C(=O)Nc2cc(F)cc(F)c2)n1. The highest BCUT2D eigenvalue weighted by Crippen LogP contribution is 2.25. The molecule has 3 N–H and O–H groups in total. The molecule has 7 nitrogen and oxygen atoms in total. The molecule has 0 spiro atoms. The van der Waals surface area contributed by atoms with Gasteiger partial charge in [0.05, 0.1) is 0 Å². The number of rotatable bonds is 3. The second kappa shape index (κ2) is 6.19. The second-order valence-corrected chi connectivity index (χ2v) is 5.25. The van der Waals surface area contributed by atoms with Crippen LogP contribution in [-0.2, 0) is 9.59 Å². The number of nitrogens with zero attached hydrogens (tertiary/aromatic N) is 3. The van der Waals surface area contributed by atoms with E-state index in [0.29, 0.717) is 6.07 Å². The van der Waals surface area contributed by atoms with Crippen LogP contribution in [0.2, 0.25) is 0 Å². The molecule has 3 rings (SSSR count). The number of aromatic nitrogens is 2. The van der Waals surface area contributed by atoms with E-state index in [0.717, 1.165) is 17.0 Å². The Morgan fingerprint density at radius 1 is 1.29 bits per heavy atom. The summed E-state index contributed by atoms with van der Waals surface area (Å²) in [7, 11) is 0. The van der Waals surface area contributed by atoms with Crippen LogP contribution in [0.15, 0.2) is 30.5 Å². The first-order valence-electron chi connectivity index (χ1n) is 7.11. The molecule has 1 aromatic heterocycles. The van der Waals surface area contributed by atoms with E-state index in [1.165, 1.54) is 12.3 Å². The third-order valence-corrected chi connectivity index (χ3v) is 3.52. The molecular formula is C15H13F2N5O2. The molecular weight excluding hydrogens is 320 g/mol. The molecule has 1 aliphatic rings. The molecule has 1 atom stereocenters. The van der Waals surface area contributed by atoms with Crippen LogP contribution < -0.4 is 16.0 Å². The van der Waals surface area contributed by atoms with E-state index in [4.69, 9.17) is 5.73 Å². The van der Waals surface area contributed by atoms with Crippen LogP contribution in [0.5, 0.6) is 0 Å². The molecule has 1 saturated heterocycles. The van der Waals surface area contributed by atoms with Crippen molar-refractivity contribution >= 4 is 29.3 Å². The summed E-state index contributed by atoms with van der Waals surface area (Å²) in [5.41, 5.74) is 5.54. The van der Waals surface area contributed by atoms with Crippen molar-refractivity contribution in [2.75, 3.05) is 16.0 Å². The fourth-order valence-electron chi connectivity index (χ4n) is 2.51. The van der Waals surface area contributed by atoms with Crippen LogP contribution in [0.3, 0.4) is 0 Å². The molecule has 0 aliphatic carbocycles. The number of nitrogen functional groups attached to an aromatic ring is 1. The van der Waals surface area contributed by atoms with Gasteiger partial charge in [0, 0.05) is 24.4 Å². The summed E-state index contributed by atoms with van der Waals surface area (Å²) in [5.74, 6) is -2.37. The van der Waals surface area contributed by atoms with Gasteiger partial charge in [0.25, 0.3) is 0 Å². The standard InChI is InChI=1S/C15H13F2N5O2/c16-8-5-9(17)7-10(6-8)20-14(24)11-1-2-13(23)22(11)15-19-4-3-12(18)21-15/h3-7,11H,1-2H2,(H,20,24)(H2,18,19,21). The predicted octanol–water partition coefficient (Wildman–Crippen LogP) is 1.47. The third kappa shape index (κ3) is 3.14. The lowest BCUT2D eigenvalue weighted by Crippen LogP contribution is -2.42. The Morgan fingerprint density at radius 2 is 2.00 bits per heavy atom. The number of anilines is 3. The molecule has 0 radical (unpaired) electrons. The molecule has 2 amide bonds. The molecule has 1 unspecified atom stereocenters. The first kappa shape index (κ1) is 15.8. The van der Waals surface area contributed by atoms with E-state index >= 15 is 0 Å².